The molecule has 0 aliphatic rings. The number of halogens is 3. The lowest BCUT2D eigenvalue weighted by Gasteiger charge is -2.07. The summed E-state index contributed by atoms with van der Waals surface area (Å²) in [7, 11) is 0. The molecule has 1 aromatic heterocycles. The zero-order valence-corrected chi connectivity index (χ0v) is 13.0. The fourth-order valence-corrected chi connectivity index (χ4v) is 1.77. The lowest BCUT2D eigenvalue weighted by molar-refractivity contribution is -0.139. The van der Waals surface area contributed by atoms with E-state index < -0.39 is 24.3 Å². The zero-order valence-electron chi connectivity index (χ0n) is 13.0. The van der Waals surface area contributed by atoms with E-state index in [9.17, 15) is 18.0 Å². The van der Waals surface area contributed by atoms with Crippen LogP contribution in [0.4, 0.5) is 19.0 Å². The summed E-state index contributed by atoms with van der Waals surface area (Å²) in [6.07, 6.45) is -3.71. The summed E-state index contributed by atoms with van der Waals surface area (Å²) < 4.78 is 42.4. The Bertz CT molecular complexity index is 757. The second-order valence-electron chi connectivity index (χ2n) is 4.95. The molecule has 6 nitrogen and oxygen atoms in total. The van der Waals surface area contributed by atoms with Crippen LogP contribution >= 0.6 is 0 Å². The van der Waals surface area contributed by atoms with Gasteiger partial charge in [-0.3, -0.25) is 5.43 Å². The molecule has 2 N–H and O–H groups in total. The lowest BCUT2D eigenvalue weighted by atomic mass is 10.1. The number of rotatable bonds is 6. The van der Waals surface area contributed by atoms with Gasteiger partial charge >= 0.3 is 12.1 Å². The summed E-state index contributed by atoms with van der Waals surface area (Å²) in [4.78, 5) is 14.1. The van der Waals surface area contributed by atoms with Crippen LogP contribution in [0.15, 0.2) is 47.7 Å². The maximum Gasteiger partial charge on any atom is 0.417 e. The molecule has 1 heterocycles. The van der Waals surface area contributed by atoms with E-state index in [4.69, 9.17) is 9.84 Å². The Kier molecular flexibility index (Phi) is 5.58. The smallest absolute Gasteiger partial charge is 0.417 e. The molecule has 0 saturated heterocycles. The third-order valence-corrected chi connectivity index (χ3v) is 3.06. The van der Waals surface area contributed by atoms with Gasteiger partial charge in [-0.1, -0.05) is 0 Å². The van der Waals surface area contributed by atoms with Crippen LogP contribution < -0.4 is 10.2 Å². The third-order valence-electron chi connectivity index (χ3n) is 3.06. The Hall–Kier alpha value is -3.10. The fraction of sp³-hybridized carbons (Fsp3) is 0.188. The van der Waals surface area contributed by atoms with Gasteiger partial charge in [0.15, 0.2) is 6.61 Å². The Morgan fingerprint density at radius 1 is 1.24 bits per heavy atom. The molecule has 0 spiro atoms. The molecule has 0 bridgehead atoms. The van der Waals surface area contributed by atoms with Gasteiger partial charge in [0.25, 0.3) is 0 Å². The quantitative estimate of drug-likeness (QED) is 0.614. The molecular weight excluding hydrogens is 339 g/mol. The number of carboxylic acids is 1. The van der Waals surface area contributed by atoms with Crippen molar-refractivity contribution in [3.63, 3.8) is 0 Å². The van der Waals surface area contributed by atoms with Crippen molar-refractivity contribution < 1.29 is 27.8 Å². The number of alkyl halides is 3. The third kappa shape index (κ3) is 5.48. The summed E-state index contributed by atoms with van der Waals surface area (Å²) in [5.41, 5.74) is 3.03. The standard InChI is InChI=1S/C16H14F3N3O3/c1-10(11-2-5-13(6-3-11)25-9-15(23)24)21-22-14-7-4-12(8-20-14)16(17,18)19/h2-8H,9H2,1H3,(H,20,22)(H,23,24)/b21-10-. The number of pyridine rings is 1. The largest absolute Gasteiger partial charge is 0.482 e. The average molecular weight is 353 g/mol. The van der Waals surface area contributed by atoms with Gasteiger partial charge < -0.3 is 9.84 Å². The van der Waals surface area contributed by atoms with Crippen LogP contribution in [-0.4, -0.2) is 28.4 Å². The highest BCUT2D eigenvalue weighted by atomic mass is 19.4. The van der Waals surface area contributed by atoms with E-state index >= 15 is 0 Å². The first-order chi connectivity index (χ1) is 11.8. The van der Waals surface area contributed by atoms with Crippen molar-refractivity contribution in [2.45, 2.75) is 13.1 Å². The molecule has 0 fully saturated rings. The van der Waals surface area contributed by atoms with Crippen molar-refractivity contribution in [1.82, 2.24) is 4.98 Å². The number of aliphatic carboxylic acids is 1. The topological polar surface area (TPSA) is 83.8 Å². The number of nitrogens with one attached hydrogen (secondary N) is 1. The SMILES string of the molecule is C/C(=N/Nc1ccc(C(F)(F)F)cn1)c1ccc(OCC(=O)O)cc1. The monoisotopic (exact) mass is 353 g/mol. The normalized spacial score (nSPS) is 11.9. The molecule has 9 heteroatoms. The molecule has 0 saturated carbocycles. The lowest BCUT2D eigenvalue weighted by Crippen LogP contribution is -2.09. The van der Waals surface area contributed by atoms with Crippen molar-refractivity contribution in [2.75, 3.05) is 12.0 Å². The Labute approximate surface area is 141 Å². The molecule has 132 valence electrons. The second kappa shape index (κ2) is 7.65. The summed E-state index contributed by atoms with van der Waals surface area (Å²) >= 11 is 0. The highest BCUT2D eigenvalue weighted by Gasteiger charge is 2.30. The van der Waals surface area contributed by atoms with Gasteiger partial charge in [0.05, 0.1) is 11.3 Å². The predicted molar refractivity (Wildman–Crippen MR) is 84.6 cm³/mol. The predicted octanol–water partition coefficient (Wildman–Crippen LogP) is 3.40. The maximum atomic E-state index is 12.5. The molecule has 0 unspecified atom stereocenters. The van der Waals surface area contributed by atoms with E-state index in [0.717, 1.165) is 17.8 Å². The Balaban J connectivity index is 2.00. The molecule has 2 rings (SSSR count). The van der Waals surface area contributed by atoms with Gasteiger partial charge in [-0.2, -0.15) is 18.3 Å². The summed E-state index contributed by atoms with van der Waals surface area (Å²) in [5.74, 6) is -0.500. The molecule has 2 aromatic rings. The first kappa shape index (κ1) is 18.2. The molecule has 1 aromatic carbocycles. The zero-order chi connectivity index (χ0) is 18.4. The number of anilines is 1. The van der Waals surface area contributed by atoms with E-state index in [1.807, 2.05) is 0 Å². The van der Waals surface area contributed by atoms with Crippen molar-refractivity contribution >= 4 is 17.5 Å². The number of hydrogen-bond acceptors (Lipinski definition) is 5. The Morgan fingerprint density at radius 3 is 2.44 bits per heavy atom. The van der Waals surface area contributed by atoms with Crippen molar-refractivity contribution in [2.24, 2.45) is 5.10 Å². The molecule has 0 aliphatic carbocycles. The molecule has 25 heavy (non-hydrogen) atoms. The number of carboxylic acid groups (broad SMARTS) is 1. The van der Waals surface area contributed by atoms with Crippen LogP contribution in [0.2, 0.25) is 0 Å². The average Bonchev–Trinajstić information content (AvgIpc) is 2.58. The van der Waals surface area contributed by atoms with Gasteiger partial charge in [0, 0.05) is 6.20 Å². The van der Waals surface area contributed by atoms with Crippen LogP contribution in [0.5, 0.6) is 5.75 Å². The van der Waals surface area contributed by atoms with Crippen LogP contribution in [0.1, 0.15) is 18.1 Å². The first-order valence-corrected chi connectivity index (χ1v) is 7.04. The van der Waals surface area contributed by atoms with Gasteiger partial charge in [-0.05, 0) is 48.9 Å². The van der Waals surface area contributed by atoms with Gasteiger partial charge in [0.2, 0.25) is 0 Å². The highest BCUT2D eigenvalue weighted by Crippen LogP contribution is 2.28. The number of hydrogen-bond donors (Lipinski definition) is 2. The first-order valence-electron chi connectivity index (χ1n) is 7.04. The van der Waals surface area contributed by atoms with Crippen LogP contribution in [0, 0.1) is 0 Å². The second-order valence-corrected chi connectivity index (χ2v) is 4.95. The van der Waals surface area contributed by atoms with Gasteiger partial charge in [-0.15, -0.1) is 0 Å². The summed E-state index contributed by atoms with van der Waals surface area (Å²) in [5, 5.41) is 12.6. The Morgan fingerprint density at radius 2 is 1.92 bits per heavy atom. The molecule has 0 amide bonds. The van der Waals surface area contributed by atoms with E-state index in [2.05, 4.69) is 15.5 Å². The van der Waals surface area contributed by atoms with E-state index in [1.165, 1.54) is 6.07 Å². The van der Waals surface area contributed by atoms with E-state index in [0.29, 0.717) is 11.5 Å². The summed E-state index contributed by atoms with van der Waals surface area (Å²) in [6.45, 7) is 1.26. The van der Waals surface area contributed by atoms with Crippen LogP contribution in [0.3, 0.4) is 0 Å². The number of hydrazone groups is 1. The number of benzene rings is 1. The fourth-order valence-electron chi connectivity index (χ4n) is 1.77. The number of nitrogens with zero attached hydrogens (tertiary/aromatic N) is 2. The molecular formula is C16H14F3N3O3. The van der Waals surface area contributed by atoms with Crippen molar-refractivity contribution in [1.29, 1.82) is 0 Å². The minimum Gasteiger partial charge on any atom is -0.482 e. The van der Waals surface area contributed by atoms with E-state index in [1.54, 1.807) is 31.2 Å². The number of carbonyl (C=O) groups is 1. The maximum absolute atomic E-state index is 12.5. The van der Waals surface area contributed by atoms with Crippen molar-refractivity contribution in [3.8, 4) is 5.75 Å². The van der Waals surface area contributed by atoms with Crippen LogP contribution in [0.25, 0.3) is 0 Å². The van der Waals surface area contributed by atoms with Gasteiger partial charge in [0.1, 0.15) is 11.6 Å². The highest BCUT2D eigenvalue weighted by molar-refractivity contribution is 5.99. The van der Waals surface area contributed by atoms with Gasteiger partial charge in [-0.25, -0.2) is 9.78 Å². The molecule has 0 radical (unpaired) electrons. The van der Waals surface area contributed by atoms with Crippen molar-refractivity contribution in [3.05, 3.63) is 53.7 Å². The van der Waals surface area contributed by atoms with E-state index in [-0.39, 0.29) is 5.82 Å². The minimum atomic E-state index is -4.44. The molecule has 0 atom stereocenters. The summed E-state index contributed by atoms with van der Waals surface area (Å²) in [6, 6.07) is 8.63. The number of ether oxygens (including phenoxy) is 1. The molecule has 0 aliphatic heterocycles. The van der Waals surface area contributed by atoms with Crippen LogP contribution in [-0.2, 0) is 11.0 Å². The minimum absolute atomic E-state index is 0.175. The number of aromatic nitrogens is 1.